The zero-order valence-corrected chi connectivity index (χ0v) is 12.6. The molecule has 98 valence electrons. The lowest BCUT2D eigenvalue weighted by Gasteiger charge is -2.24. The normalized spacial score (nSPS) is 13.7. The number of hydrogen-bond acceptors (Lipinski definition) is 3. The number of nitrogens with one attached hydrogen (secondary N) is 1. The minimum Gasteiger partial charge on any atom is -0.316 e. The van der Waals surface area contributed by atoms with Crippen LogP contribution >= 0.6 is 11.8 Å². The average molecular weight is 246 g/mol. The first kappa shape index (κ1) is 16.3. The number of hydrogen-bond donors (Lipinski definition) is 1. The fraction of sp³-hybridized carbons (Fsp3) is 1.00. The molecule has 0 rings (SSSR count). The first-order valence-electron chi connectivity index (χ1n) is 6.47. The highest BCUT2D eigenvalue weighted by molar-refractivity contribution is 7.98. The number of rotatable bonds is 10. The van der Waals surface area contributed by atoms with E-state index in [1.54, 1.807) is 0 Å². The summed E-state index contributed by atoms with van der Waals surface area (Å²) in [6.45, 7) is 10.4. The third kappa shape index (κ3) is 9.49. The molecule has 0 spiro atoms. The van der Waals surface area contributed by atoms with Crippen LogP contribution in [-0.4, -0.2) is 49.6 Å². The summed E-state index contributed by atoms with van der Waals surface area (Å²) in [4.78, 5) is 2.47. The van der Waals surface area contributed by atoms with Gasteiger partial charge in [-0.15, -0.1) is 0 Å². The Kier molecular flexibility index (Phi) is 10.6. The zero-order valence-electron chi connectivity index (χ0n) is 11.8. The fourth-order valence-corrected chi connectivity index (χ4v) is 2.06. The van der Waals surface area contributed by atoms with E-state index in [9.17, 15) is 0 Å². The van der Waals surface area contributed by atoms with Crippen molar-refractivity contribution >= 4 is 11.8 Å². The van der Waals surface area contributed by atoms with Gasteiger partial charge in [0.15, 0.2) is 0 Å². The van der Waals surface area contributed by atoms with E-state index in [2.05, 4.69) is 44.3 Å². The highest BCUT2D eigenvalue weighted by Gasteiger charge is 2.07. The van der Waals surface area contributed by atoms with E-state index < -0.39 is 0 Å². The van der Waals surface area contributed by atoms with Crippen molar-refractivity contribution in [2.75, 3.05) is 38.7 Å². The maximum Gasteiger partial charge on any atom is 0.00720 e. The quantitative estimate of drug-likeness (QED) is 0.597. The Morgan fingerprint density at radius 3 is 2.50 bits per heavy atom. The summed E-state index contributed by atoms with van der Waals surface area (Å²) in [7, 11) is 2.24. The minimum atomic E-state index is 0.716. The molecule has 0 saturated heterocycles. The molecule has 3 heteroatoms. The van der Waals surface area contributed by atoms with Crippen molar-refractivity contribution in [1.82, 2.24) is 10.2 Å². The standard InChI is InChI=1S/C13H30N2S/c1-12(2)11-14-8-6-7-13(3)15(4)9-10-16-5/h12-14H,6-11H2,1-5H3. The van der Waals surface area contributed by atoms with Gasteiger partial charge >= 0.3 is 0 Å². The van der Waals surface area contributed by atoms with Crippen LogP contribution < -0.4 is 5.32 Å². The maximum atomic E-state index is 3.50. The Bertz CT molecular complexity index is 151. The van der Waals surface area contributed by atoms with Gasteiger partial charge in [0.05, 0.1) is 0 Å². The van der Waals surface area contributed by atoms with E-state index in [-0.39, 0.29) is 0 Å². The lowest BCUT2D eigenvalue weighted by Crippen LogP contribution is -2.32. The fourth-order valence-electron chi connectivity index (χ4n) is 1.59. The van der Waals surface area contributed by atoms with Crippen LogP contribution in [0.2, 0.25) is 0 Å². The van der Waals surface area contributed by atoms with Gasteiger partial charge in [0, 0.05) is 18.3 Å². The van der Waals surface area contributed by atoms with Crippen molar-refractivity contribution in [3.8, 4) is 0 Å². The van der Waals surface area contributed by atoms with Gasteiger partial charge in [-0.25, -0.2) is 0 Å². The van der Waals surface area contributed by atoms with Gasteiger partial charge in [0.2, 0.25) is 0 Å². The maximum absolute atomic E-state index is 3.50. The molecule has 16 heavy (non-hydrogen) atoms. The molecule has 0 saturated carbocycles. The third-order valence-electron chi connectivity index (χ3n) is 2.93. The second kappa shape index (κ2) is 10.4. The third-order valence-corrected chi connectivity index (χ3v) is 3.52. The molecule has 1 N–H and O–H groups in total. The molecule has 2 nitrogen and oxygen atoms in total. The summed E-state index contributed by atoms with van der Waals surface area (Å²) in [5, 5.41) is 3.50. The van der Waals surface area contributed by atoms with E-state index >= 15 is 0 Å². The van der Waals surface area contributed by atoms with Crippen LogP contribution in [-0.2, 0) is 0 Å². The largest absolute Gasteiger partial charge is 0.316 e. The smallest absolute Gasteiger partial charge is 0.00720 e. The molecule has 0 radical (unpaired) electrons. The number of thioether (sulfide) groups is 1. The molecule has 0 aromatic carbocycles. The van der Waals surface area contributed by atoms with Crippen molar-refractivity contribution in [1.29, 1.82) is 0 Å². The lowest BCUT2D eigenvalue weighted by atomic mass is 10.1. The van der Waals surface area contributed by atoms with Gasteiger partial charge in [0.25, 0.3) is 0 Å². The zero-order chi connectivity index (χ0) is 12.4. The molecule has 0 aliphatic heterocycles. The molecule has 0 aromatic heterocycles. The highest BCUT2D eigenvalue weighted by atomic mass is 32.2. The van der Waals surface area contributed by atoms with Crippen LogP contribution in [0.5, 0.6) is 0 Å². The van der Waals surface area contributed by atoms with Crippen molar-refractivity contribution in [2.24, 2.45) is 5.92 Å². The molecule has 0 fully saturated rings. The minimum absolute atomic E-state index is 0.716. The molecular weight excluding hydrogens is 216 g/mol. The van der Waals surface area contributed by atoms with Crippen LogP contribution in [0.15, 0.2) is 0 Å². The van der Waals surface area contributed by atoms with Gasteiger partial charge < -0.3 is 10.2 Å². The first-order valence-corrected chi connectivity index (χ1v) is 7.87. The van der Waals surface area contributed by atoms with Crippen LogP contribution in [0.4, 0.5) is 0 Å². The lowest BCUT2D eigenvalue weighted by molar-refractivity contribution is 0.256. The molecular formula is C13H30N2S. The first-order chi connectivity index (χ1) is 7.57. The Morgan fingerprint density at radius 2 is 1.94 bits per heavy atom. The SMILES string of the molecule is CSCCN(C)C(C)CCCNCC(C)C. The van der Waals surface area contributed by atoms with E-state index in [1.807, 2.05) is 11.8 Å². The monoisotopic (exact) mass is 246 g/mol. The summed E-state index contributed by atoms with van der Waals surface area (Å²) in [5.41, 5.74) is 0. The predicted octanol–water partition coefficient (Wildman–Crippen LogP) is 2.70. The molecule has 0 aromatic rings. The predicted molar refractivity (Wildman–Crippen MR) is 77.4 cm³/mol. The van der Waals surface area contributed by atoms with E-state index in [4.69, 9.17) is 0 Å². The van der Waals surface area contributed by atoms with Crippen molar-refractivity contribution in [3.63, 3.8) is 0 Å². The Labute approximate surface area is 107 Å². The molecule has 0 aliphatic rings. The molecule has 1 atom stereocenters. The van der Waals surface area contributed by atoms with Crippen LogP contribution in [0, 0.1) is 5.92 Å². The molecule has 0 aliphatic carbocycles. The topological polar surface area (TPSA) is 15.3 Å². The Hall–Kier alpha value is 0.270. The summed E-state index contributed by atoms with van der Waals surface area (Å²) in [6, 6.07) is 0.716. The van der Waals surface area contributed by atoms with Gasteiger partial charge in [-0.1, -0.05) is 13.8 Å². The number of nitrogens with zero attached hydrogens (tertiary/aromatic N) is 1. The molecule has 0 amide bonds. The van der Waals surface area contributed by atoms with Gasteiger partial charge in [0.1, 0.15) is 0 Å². The van der Waals surface area contributed by atoms with Crippen LogP contribution in [0.25, 0.3) is 0 Å². The summed E-state index contributed by atoms with van der Waals surface area (Å²) in [5.74, 6) is 2.01. The van der Waals surface area contributed by atoms with Crippen molar-refractivity contribution < 1.29 is 0 Å². The summed E-state index contributed by atoms with van der Waals surface area (Å²) < 4.78 is 0. The second-order valence-corrected chi connectivity index (χ2v) is 6.05. The molecule has 0 bridgehead atoms. The summed E-state index contributed by atoms with van der Waals surface area (Å²) in [6.07, 6.45) is 4.77. The Morgan fingerprint density at radius 1 is 1.25 bits per heavy atom. The van der Waals surface area contributed by atoms with Gasteiger partial charge in [-0.3, -0.25) is 0 Å². The van der Waals surface area contributed by atoms with E-state index in [1.165, 1.54) is 31.7 Å². The second-order valence-electron chi connectivity index (χ2n) is 5.06. The average Bonchev–Trinajstić information content (AvgIpc) is 2.24. The molecule has 1 unspecified atom stereocenters. The Balaban J connectivity index is 3.38. The van der Waals surface area contributed by atoms with Crippen molar-refractivity contribution in [3.05, 3.63) is 0 Å². The van der Waals surface area contributed by atoms with Crippen LogP contribution in [0.1, 0.15) is 33.6 Å². The van der Waals surface area contributed by atoms with E-state index in [0.717, 1.165) is 12.5 Å². The van der Waals surface area contributed by atoms with Gasteiger partial charge in [-0.2, -0.15) is 11.8 Å². The van der Waals surface area contributed by atoms with Crippen molar-refractivity contribution in [2.45, 2.75) is 39.7 Å². The van der Waals surface area contributed by atoms with Gasteiger partial charge in [-0.05, 0) is 52.1 Å². The highest BCUT2D eigenvalue weighted by Crippen LogP contribution is 2.05. The molecule has 0 heterocycles. The van der Waals surface area contributed by atoms with E-state index in [0.29, 0.717) is 6.04 Å². The van der Waals surface area contributed by atoms with Crippen LogP contribution in [0.3, 0.4) is 0 Å². The summed E-state index contributed by atoms with van der Waals surface area (Å²) >= 11 is 1.93.